The fourth-order valence-corrected chi connectivity index (χ4v) is 4.61. The minimum Gasteiger partial charge on any atom is -0.469 e. The Hall–Kier alpha value is -2.27. The van der Waals surface area contributed by atoms with E-state index in [0.29, 0.717) is 12.6 Å². The van der Waals surface area contributed by atoms with E-state index in [-0.39, 0.29) is 11.6 Å². The lowest BCUT2D eigenvalue weighted by Crippen LogP contribution is -2.51. The van der Waals surface area contributed by atoms with E-state index in [1.54, 1.807) is 6.26 Å². The highest BCUT2D eigenvalue weighted by Crippen LogP contribution is 2.39. The molecule has 4 rings (SSSR count). The van der Waals surface area contributed by atoms with Crippen LogP contribution in [0.2, 0.25) is 0 Å². The number of ether oxygens (including phenoxy) is 1. The molecule has 2 heterocycles. The van der Waals surface area contributed by atoms with Crippen LogP contribution in [0.4, 0.5) is 0 Å². The van der Waals surface area contributed by atoms with Crippen LogP contribution in [0.3, 0.4) is 0 Å². The van der Waals surface area contributed by atoms with Crippen molar-refractivity contribution >= 4 is 5.96 Å². The van der Waals surface area contributed by atoms with Crippen LogP contribution in [-0.2, 0) is 11.2 Å². The van der Waals surface area contributed by atoms with Gasteiger partial charge in [-0.3, -0.25) is 4.99 Å². The molecule has 2 atom stereocenters. The number of hydrogen-bond donors (Lipinski definition) is 2. The van der Waals surface area contributed by atoms with Crippen molar-refractivity contribution in [2.75, 3.05) is 13.2 Å². The van der Waals surface area contributed by atoms with Crippen molar-refractivity contribution in [1.82, 2.24) is 10.6 Å². The molecule has 2 aromatic rings. The predicted octanol–water partition coefficient (Wildman–Crippen LogP) is 4.61. The highest BCUT2D eigenvalue weighted by molar-refractivity contribution is 5.80. The van der Waals surface area contributed by atoms with Gasteiger partial charge < -0.3 is 19.8 Å². The van der Waals surface area contributed by atoms with E-state index in [1.807, 2.05) is 12.1 Å². The zero-order valence-electron chi connectivity index (χ0n) is 17.4. The molecule has 0 radical (unpaired) electrons. The maximum absolute atomic E-state index is 6.21. The van der Waals surface area contributed by atoms with E-state index in [2.05, 4.69) is 47.9 Å². The molecule has 0 amide bonds. The normalized spacial score (nSPS) is 22.5. The van der Waals surface area contributed by atoms with Crippen LogP contribution in [0.15, 0.2) is 58.1 Å². The van der Waals surface area contributed by atoms with Crippen LogP contribution in [0, 0.1) is 0 Å². The molecule has 1 saturated carbocycles. The van der Waals surface area contributed by atoms with E-state index in [9.17, 15) is 0 Å². The van der Waals surface area contributed by atoms with Crippen molar-refractivity contribution in [3.05, 3.63) is 60.1 Å². The van der Waals surface area contributed by atoms with Crippen molar-refractivity contribution in [2.45, 2.75) is 69.6 Å². The second-order valence-corrected chi connectivity index (χ2v) is 8.41. The SMILES string of the molecule is CC(NC(=NCCc1ccco1)NC1CCOC2(CCCC2)C1)c1ccccc1. The number of nitrogens with one attached hydrogen (secondary N) is 2. The first-order chi connectivity index (χ1) is 14.2. The highest BCUT2D eigenvalue weighted by atomic mass is 16.5. The molecule has 29 heavy (non-hydrogen) atoms. The average Bonchev–Trinajstić information content (AvgIpc) is 3.41. The molecule has 1 aliphatic carbocycles. The zero-order valence-corrected chi connectivity index (χ0v) is 17.4. The smallest absolute Gasteiger partial charge is 0.191 e. The third-order valence-corrected chi connectivity index (χ3v) is 6.21. The molecule has 2 N–H and O–H groups in total. The van der Waals surface area contributed by atoms with Crippen molar-refractivity contribution in [3.8, 4) is 0 Å². The van der Waals surface area contributed by atoms with E-state index >= 15 is 0 Å². The van der Waals surface area contributed by atoms with Crippen LogP contribution in [-0.4, -0.2) is 30.8 Å². The first kappa shape index (κ1) is 20.0. The quantitative estimate of drug-likeness (QED) is 0.554. The summed E-state index contributed by atoms with van der Waals surface area (Å²) in [4.78, 5) is 4.87. The molecular formula is C24H33N3O2. The van der Waals surface area contributed by atoms with Crippen LogP contribution < -0.4 is 10.6 Å². The first-order valence-corrected chi connectivity index (χ1v) is 11.0. The lowest BCUT2D eigenvalue weighted by atomic mass is 9.89. The number of aliphatic imine (C=N–C) groups is 1. The maximum Gasteiger partial charge on any atom is 0.191 e. The second-order valence-electron chi connectivity index (χ2n) is 8.41. The Morgan fingerprint density at radius 3 is 2.76 bits per heavy atom. The van der Waals surface area contributed by atoms with E-state index in [4.69, 9.17) is 14.1 Å². The van der Waals surface area contributed by atoms with Gasteiger partial charge in [-0.1, -0.05) is 43.2 Å². The molecule has 5 nitrogen and oxygen atoms in total. The van der Waals surface area contributed by atoms with Crippen LogP contribution in [0.25, 0.3) is 0 Å². The molecule has 1 spiro atoms. The first-order valence-electron chi connectivity index (χ1n) is 11.0. The van der Waals surface area contributed by atoms with E-state index in [1.165, 1.54) is 31.2 Å². The molecule has 2 unspecified atom stereocenters. The largest absolute Gasteiger partial charge is 0.469 e. The Kier molecular flexibility index (Phi) is 6.55. The molecule has 1 aromatic carbocycles. The summed E-state index contributed by atoms with van der Waals surface area (Å²) >= 11 is 0. The second kappa shape index (κ2) is 9.49. The Labute approximate surface area is 173 Å². The molecule has 1 saturated heterocycles. The Balaban J connectivity index is 1.42. The van der Waals surface area contributed by atoms with Gasteiger partial charge in [0.1, 0.15) is 5.76 Å². The van der Waals surface area contributed by atoms with Gasteiger partial charge in [-0.25, -0.2) is 0 Å². The van der Waals surface area contributed by atoms with Crippen molar-refractivity contribution in [3.63, 3.8) is 0 Å². The summed E-state index contributed by atoms with van der Waals surface area (Å²) in [6.07, 6.45) is 9.61. The van der Waals surface area contributed by atoms with Crippen LogP contribution in [0.1, 0.15) is 62.8 Å². The van der Waals surface area contributed by atoms with Gasteiger partial charge in [-0.15, -0.1) is 0 Å². The molecule has 2 aliphatic rings. The van der Waals surface area contributed by atoms with Gasteiger partial charge in [0, 0.05) is 25.6 Å². The fraction of sp³-hybridized carbons (Fsp3) is 0.542. The van der Waals surface area contributed by atoms with Gasteiger partial charge in [0.05, 0.1) is 17.9 Å². The summed E-state index contributed by atoms with van der Waals surface area (Å²) in [5, 5.41) is 7.32. The number of benzene rings is 1. The minimum atomic E-state index is 0.0975. The number of furan rings is 1. The summed E-state index contributed by atoms with van der Waals surface area (Å²) < 4.78 is 11.7. The molecular weight excluding hydrogens is 362 g/mol. The zero-order chi connectivity index (χ0) is 19.9. The standard InChI is InChI=1S/C24H33N3O2/c1-19(20-8-3-2-4-9-20)26-23(25-15-11-22-10-7-16-28-22)27-21-12-17-29-24(18-21)13-5-6-14-24/h2-4,7-10,16,19,21H,5-6,11-15,17-18H2,1H3,(H2,25,26,27). The number of guanidine groups is 1. The molecule has 1 aromatic heterocycles. The Morgan fingerprint density at radius 1 is 1.17 bits per heavy atom. The van der Waals surface area contributed by atoms with Crippen LogP contribution in [0.5, 0.6) is 0 Å². The predicted molar refractivity (Wildman–Crippen MR) is 116 cm³/mol. The van der Waals surface area contributed by atoms with Crippen molar-refractivity contribution in [1.29, 1.82) is 0 Å². The summed E-state index contributed by atoms with van der Waals surface area (Å²) in [5.74, 6) is 1.85. The Morgan fingerprint density at radius 2 is 2.00 bits per heavy atom. The van der Waals surface area contributed by atoms with Gasteiger partial charge in [0.15, 0.2) is 5.96 Å². The molecule has 0 bridgehead atoms. The molecule has 2 fully saturated rings. The van der Waals surface area contributed by atoms with Gasteiger partial charge >= 0.3 is 0 Å². The molecule has 5 heteroatoms. The maximum atomic E-state index is 6.21. The van der Waals surface area contributed by atoms with Gasteiger partial charge in [-0.05, 0) is 50.3 Å². The summed E-state index contributed by atoms with van der Waals surface area (Å²) in [6, 6.07) is 15.0. The number of hydrogen-bond acceptors (Lipinski definition) is 3. The lowest BCUT2D eigenvalue weighted by Gasteiger charge is -2.39. The van der Waals surface area contributed by atoms with Gasteiger partial charge in [-0.2, -0.15) is 0 Å². The van der Waals surface area contributed by atoms with Crippen molar-refractivity contribution in [2.24, 2.45) is 4.99 Å². The minimum absolute atomic E-state index is 0.0975. The lowest BCUT2D eigenvalue weighted by molar-refractivity contribution is -0.0815. The monoisotopic (exact) mass is 395 g/mol. The third-order valence-electron chi connectivity index (χ3n) is 6.21. The highest BCUT2D eigenvalue weighted by Gasteiger charge is 2.40. The van der Waals surface area contributed by atoms with Crippen molar-refractivity contribution < 1.29 is 9.15 Å². The van der Waals surface area contributed by atoms with Gasteiger partial charge in [0.2, 0.25) is 0 Å². The van der Waals surface area contributed by atoms with Crippen LogP contribution >= 0.6 is 0 Å². The molecule has 156 valence electrons. The molecule has 1 aliphatic heterocycles. The fourth-order valence-electron chi connectivity index (χ4n) is 4.61. The summed E-state index contributed by atoms with van der Waals surface area (Å²) in [7, 11) is 0. The third kappa shape index (κ3) is 5.41. The van der Waals surface area contributed by atoms with E-state index < -0.39 is 0 Å². The topological polar surface area (TPSA) is 58.8 Å². The summed E-state index contributed by atoms with van der Waals surface area (Å²) in [6.45, 7) is 3.71. The number of nitrogens with zero attached hydrogens (tertiary/aromatic N) is 1. The average molecular weight is 396 g/mol. The van der Waals surface area contributed by atoms with Gasteiger partial charge in [0.25, 0.3) is 0 Å². The Bertz CT molecular complexity index is 767. The summed E-state index contributed by atoms with van der Waals surface area (Å²) in [5.41, 5.74) is 1.35. The number of rotatable bonds is 6. The van der Waals surface area contributed by atoms with E-state index in [0.717, 1.165) is 37.6 Å².